The van der Waals surface area contributed by atoms with Gasteiger partial charge in [-0.05, 0) is 31.0 Å². The number of rotatable bonds is 7. The summed E-state index contributed by atoms with van der Waals surface area (Å²) < 4.78 is 28.2. The van der Waals surface area contributed by atoms with E-state index in [4.69, 9.17) is 9.56 Å². The van der Waals surface area contributed by atoms with E-state index in [1.165, 1.54) is 12.1 Å². The molecule has 3 N–H and O–H groups in total. The normalized spacial score (nSPS) is 12.2. The van der Waals surface area contributed by atoms with E-state index in [-0.39, 0.29) is 16.2 Å². The molecule has 0 fully saturated rings. The van der Waals surface area contributed by atoms with Crippen molar-refractivity contribution in [3.05, 3.63) is 47.2 Å². The molecule has 7 nitrogen and oxygen atoms in total. The van der Waals surface area contributed by atoms with E-state index >= 15 is 0 Å². The minimum Gasteiger partial charge on any atom is -0.445 e. The number of oxazole rings is 1. The summed E-state index contributed by atoms with van der Waals surface area (Å²) in [5.74, 6) is 1.36. The van der Waals surface area contributed by atoms with Crippen molar-refractivity contribution in [2.75, 3.05) is 6.54 Å². The highest BCUT2D eigenvalue weighted by atomic mass is 32.2. The number of carbonyl (C=O) groups is 1. The molecule has 1 aromatic heterocycles. The third kappa shape index (κ3) is 6.18. The Bertz CT molecular complexity index is 894. The average molecular weight is 394 g/mol. The van der Waals surface area contributed by atoms with Crippen LogP contribution in [-0.2, 0) is 33.1 Å². The fourth-order valence-corrected chi connectivity index (χ4v) is 3.00. The molecule has 1 heterocycles. The third-order valence-corrected chi connectivity index (χ3v) is 5.03. The van der Waals surface area contributed by atoms with Crippen LogP contribution in [-0.4, -0.2) is 25.9 Å². The molecule has 0 atom stereocenters. The van der Waals surface area contributed by atoms with Gasteiger partial charge in [0.05, 0.1) is 10.6 Å². The molecule has 0 unspecified atom stereocenters. The zero-order valence-electron chi connectivity index (χ0n) is 16.2. The van der Waals surface area contributed by atoms with Crippen molar-refractivity contribution < 1.29 is 17.6 Å². The van der Waals surface area contributed by atoms with Crippen molar-refractivity contribution in [1.82, 2.24) is 10.3 Å². The highest BCUT2D eigenvalue weighted by Crippen LogP contribution is 2.24. The first-order valence-electron chi connectivity index (χ1n) is 8.82. The van der Waals surface area contributed by atoms with Gasteiger partial charge in [-0.25, -0.2) is 18.5 Å². The molecule has 1 amide bonds. The number of aromatic nitrogens is 1. The Morgan fingerprint density at radius 3 is 2.33 bits per heavy atom. The highest BCUT2D eigenvalue weighted by molar-refractivity contribution is 7.89. The smallest absolute Gasteiger partial charge is 0.238 e. The van der Waals surface area contributed by atoms with Crippen molar-refractivity contribution >= 4 is 15.9 Å². The SMILES string of the molecule is Cc1nc(C(C)(C)C)oc1CCC(=O)NCCc1ccc(S(N)(=O)=O)cc1. The minimum atomic E-state index is -3.68. The van der Waals surface area contributed by atoms with Crippen LogP contribution in [0.5, 0.6) is 0 Å². The van der Waals surface area contributed by atoms with Crippen LogP contribution in [0, 0.1) is 6.92 Å². The van der Waals surface area contributed by atoms with Gasteiger partial charge in [0.25, 0.3) is 0 Å². The van der Waals surface area contributed by atoms with Crippen LogP contribution >= 0.6 is 0 Å². The number of hydrogen-bond donors (Lipinski definition) is 2. The number of nitrogens with two attached hydrogens (primary N) is 1. The number of carbonyl (C=O) groups excluding carboxylic acids is 1. The van der Waals surface area contributed by atoms with Crippen LogP contribution < -0.4 is 10.5 Å². The molecule has 2 rings (SSSR count). The van der Waals surface area contributed by atoms with E-state index in [9.17, 15) is 13.2 Å². The van der Waals surface area contributed by atoms with Gasteiger partial charge in [0.2, 0.25) is 15.9 Å². The molecule has 0 aliphatic heterocycles. The molecule has 0 bridgehead atoms. The average Bonchev–Trinajstić information content (AvgIpc) is 2.94. The van der Waals surface area contributed by atoms with Crippen molar-refractivity contribution in [3.63, 3.8) is 0 Å². The maximum Gasteiger partial charge on any atom is 0.238 e. The van der Waals surface area contributed by atoms with Gasteiger partial charge in [-0.3, -0.25) is 4.79 Å². The zero-order valence-corrected chi connectivity index (χ0v) is 17.0. The lowest BCUT2D eigenvalue weighted by atomic mass is 9.97. The second kappa shape index (κ2) is 8.22. The Labute approximate surface area is 160 Å². The summed E-state index contributed by atoms with van der Waals surface area (Å²) in [5, 5.41) is 7.93. The number of sulfonamides is 1. The first-order chi connectivity index (χ1) is 12.5. The Morgan fingerprint density at radius 2 is 1.81 bits per heavy atom. The van der Waals surface area contributed by atoms with Crippen LogP contribution in [0.1, 0.15) is 50.1 Å². The Kier molecular flexibility index (Phi) is 6.43. The first kappa shape index (κ1) is 21.1. The summed E-state index contributed by atoms with van der Waals surface area (Å²) in [4.78, 5) is 16.6. The van der Waals surface area contributed by atoms with E-state index in [0.29, 0.717) is 31.7 Å². The molecule has 2 aromatic rings. The Morgan fingerprint density at radius 1 is 1.19 bits per heavy atom. The molecule has 27 heavy (non-hydrogen) atoms. The second-order valence-electron chi connectivity index (χ2n) is 7.57. The molecule has 0 aliphatic carbocycles. The lowest BCUT2D eigenvalue weighted by Gasteiger charge is -2.12. The van der Waals surface area contributed by atoms with Gasteiger partial charge in [-0.15, -0.1) is 0 Å². The van der Waals surface area contributed by atoms with E-state index in [0.717, 1.165) is 17.0 Å². The standard InChI is InChI=1S/C19H27N3O4S/c1-13-16(26-18(22-13)19(2,3)4)9-10-17(23)21-12-11-14-5-7-15(8-6-14)27(20,24)25/h5-8H,9-12H2,1-4H3,(H,21,23)(H2,20,24,25). The van der Waals surface area contributed by atoms with Gasteiger partial charge in [0.1, 0.15) is 5.76 Å². The number of nitrogens with zero attached hydrogens (tertiary/aromatic N) is 1. The molecular formula is C19H27N3O4S. The first-order valence-corrected chi connectivity index (χ1v) is 10.4. The molecular weight excluding hydrogens is 366 g/mol. The predicted octanol–water partition coefficient (Wildman–Crippen LogP) is 2.22. The van der Waals surface area contributed by atoms with Crippen molar-refractivity contribution in [2.24, 2.45) is 5.14 Å². The van der Waals surface area contributed by atoms with Crippen LogP contribution in [0.3, 0.4) is 0 Å². The largest absolute Gasteiger partial charge is 0.445 e. The fourth-order valence-electron chi connectivity index (χ4n) is 2.49. The summed E-state index contributed by atoms with van der Waals surface area (Å²) in [6.45, 7) is 8.45. The van der Waals surface area contributed by atoms with E-state index in [1.807, 2.05) is 27.7 Å². The maximum atomic E-state index is 12.0. The molecule has 0 saturated heterocycles. The monoisotopic (exact) mass is 393 g/mol. The summed E-state index contributed by atoms with van der Waals surface area (Å²) in [6, 6.07) is 6.31. The molecule has 0 radical (unpaired) electrons. The Hall–Kier alpha value is -2.19. The van der Waals surface area contributed by atoms with Crippen molar-refractivity contribution in [1.29, 1.82) is 0 Å². The van der Waals surface area contributed by atoms with Gasteiger partial charge in [-0.1, -0.05) is 32.9 Å². The van der Waals surface area contributed by atoms with Gasteiger partial charge in [0.15, 0.2) is 5.89 Å². The minimum absolute atomic E-state index is 0.0655. The number of amides is 1. The molecule has 0 saturated carbocycles. The highest BCUT2D eigenvalue weighted by Gasteiger charge is 2.22. The van der Waals surface area contributed by atoms with Crippen LogP contribution in [0.15, 0.2) is 33.6 Å². The lowest BCUT2D eigenvalue weighted by molar-refractivity contribution is -0.121. The van der Waals surface area contributed by atoms with Gasteiger partial charge >= 0.3 is 0 Å². The number of aryl methyl sites for hydroxylation is 2. The van der Waals surface area contributed by atoms with Crippen LogP contribution in [0.25, 0.3) is 0 Å². The van der Waals surface area contributed by atoms with E-state index in [2.05, 4.69) is 10.3 Å². The summed E-state index contributed by atoms with van der Waals surface area (Å²) in [7, 11) is -3.68. The van der Waals surface area contributed by atoms with Crippen molar-refractivity contribution in [3.8, 4) is 0 Å². The number of nitrogens with one attached hydrogen (secondary N) is 1. The summed E-state index contributed by atoms with van der Waals surface area (Å²) in [6.07, 6.45) is 1.43. The number of primary sulfonamides is 1. The second-order valence-corrected chi connectivity index (χ2v) is 9.13. The number of benzene rings is 1. The van der Waals surface area contributed by atoms with Crippen LogP contribution in [0.2, 0.25) is 0 Å². The van der Waals surface area contributed by atoms with Gasteiger partial charge in [-0.2, -0.15) is 0 Å². The number of hydrogen-bond acceptors (Lipinski definition) is 5. The molecule has 0 spiro atoms. The Balaban J connectivity index is 1.79. The quantitative estimate of drug-likeness (QED) is 0.748. The molecule has 0 aliphatic rings. The summed E-state index contributed by atoms with van der Waals surface area (Å²) >= 11 is 0. The zero-order chi connectivity index (χ0) is 20.2. The van der Waals surface area contributed by atoms with E-state index < -0.39 is 10.0 Å². The van der Waals surface area contributed by atoms with E-state index in [1.54, 1.807) is 12.1 Å². The topological polar surface area (TPSA) is 115 Å². The van der Waals surface area contributed by atoms with Gasteiger partial charge < -0.3 is 9.73 Å². The van der Waals surface area contributed by atoms with Crippen LogP contribution in [0.4, 0.5) is 0 Å². The van der Waals surface area contributed by atoms with Gasteiger partial charge in [0, 0.05) is 24.8 Å². The fraction of sp³-hybridized carbons (Fsp3) is 0.474. The predicted molar refractivity (Wildman–Crippen MR) is 103 cm³/mol. The summed E-state index contributed by atoms with van der Waals surface area (Å²) in [5.41, 5.74) is 1.58. The molecule has 148 valence electrons. The maximum absolute atomic E-state index is 12.0. The lowest BCUT2D eigenvalue weighted by Crippen LogP contribution is -2.25. The molecule has 1 aromatic carbocycles. The molecule has 8 heteroatoms. The third-order valence-electron chi connectivity index (χ3n) is 4.10. The van der Waals surface area contributed by atoms with Crippen molar-refractivity contribution in [2.45, 2.75) is 57.3 Å².